The Morgan fingerprint density at radius 3 is 2.70 bits per heavy atom. The van der Waals surface area contributed by atoms with Crippen LogP contribution in [-0.2, 0) is 4.74 Å². The Balaban J connectivity index is 2.96. The van der Waals surface area contributed by atoms with Crippen molar-refractivity contribution >= 4 is 18.6 Å². The third-order valence-electron chi connectivity index (χ3n) is 2.45. The van der Waals surface area contributed by atoms with Gasteiger partial charge in [-0.2, -0.15) is 0 Å². The van der Waals surface area contributed by atoms with E-state index in [0.29, 0.717) is 17.2 Å². The summed E-state index contributed by atoms with van der Waals surface area (Å²) >= 11 is 0. The second kappa shape index (κ2) is 8.11. The number of halogens is 3. The monoisotopic (exact) mass is 326 g/mol. The van der Waals surface area contributed by atoms with Crippen molar-refractivity contribution in [1.29, 1.82) is 0 Å². The average Bonchev–Trinajstić information content (AvgIpc) is 2.41. The predicted octanol–water partition coefficient (Wildman–Crippen LogP) is 4.21. The standard InChI is InChI=1S/C15H17F3N4O/c1-5-6-13-11(3)20-9-14(22-13)21-10(2)7-12(8-19-4)23-15(16,17)18/h5-9H,4H2,1-3H3,(H,21,22)/b6-5-,10-7+,12-8+. The molecule has 124 valence electrons. The van der Waals surface area contributed by atoms with Crippen molar-refractivity contribution in [2.45, 2.75) is 27.1 Å². The number of ether oxygens (including phenoxy) is 1. The normalized spacial score (nSPS) is 13.3. The molecule has 0 spiro atoms. The number of hydrogen-bond acceptors (Lipinski definition) is 5. The van der Waals surface area contributed by atoms with Crippen LogP contribution in [0.4, 0.5) is 19.0 Å². The molecule has 0 unspecified atom stereocenters. The zero-order chi connectivity index (χ0) is 17.5. The number of aliphatic imine (C=N–C) groups is 1. The maximum Gasteiger partial charge on any atom is 0.573 e. The third kappa shape index (κ3) is 6.77. The number of allylic oxidation sites excluding steroid dienone is 3. The molecular weight excluding hydrogens is 309 g/mol. The van der Waals surface area contributed by atoms with E-state index in [1.165, 1.54) is 6.20 Å². The van der Waals surface area contributed by atoms with Crippen LogP contribution in [0.3, 0.4) is 0 Å². The summed E-state index contributed by atoms with van der Waals surface area (Å²) in [5.74, 6) is -0.0957. The summed E-state index contributed by atoms with van der Waals surface area (Å²) < 4.78 is 40.7. The predicted molar refractivity (Wildman–Crippen MR) is 83.6 cm³/mol. The SMILES string of the molecule is C=N/C=C(\C=C(/C)Nc1cnc(C)c(/C=C\C)n1)OC(F)(F)F. The molecule has 0 aliphatic rings. The summed E-state index contributed by atoms with van der Waals surface area (Å²) in [6.07, 6.45) is 2.28. The summed E-state index contributed by atoms with van der Waals surface area (Å²) in [6.45, 7) is 8.33. The Morgan fingerprint density at radius 2 is 2.13 bits per heavy atom. The molecule has 1 N–H and O–H groups in total. The zero-order valence-corrected chi connectivity index (χ0v) is 13.0. The Labute approximate surface area is 132 Å². The van der Waals surface area contributed by atoms with Crippen LogP contribution in [0.25, 0.3) is 6.08 Å². The number of anilines is 1. The first-order valence-corrected chi connectivity index (χ1v) is 6.58. The first kappa shape index (κ1) is 18.4. The highest BCUT2D eigenvalue weighted by Gasteiger charge is 2.31. The van der Waals surface area contributed by atoms with Gasteiger partial charge in [0, 0.05) is 11.8 Å². The highest BCUT2D eigenvalue weighted by molar-refractivity contribution is 5.51. The minimum Gasteiger partial charge on any atom is -0.404 e. The van der Waals surface area contributed by atoms with E-state index in [4.69, 9.17) is 0 Å². The van der Waals surface area contributed by atoms with Crippen LogP contribution >= 0.6 is 0 Å². The number of aryl methyl sites for hydroxylation is 1. The van der Waals surface area contributed by atoms with Gasteiger partial charge in [-0.3, -0.25) is 9.98 Å². The second-order valence-corrected chi connectivity index (χ2v) is 4.44. The smallest absolute Gasteiger partial charge is 0.404 e. The van der Waals surface area contributed by atoms with Crippen molar-refractivity contribution in [2.75, 3.05) is 5.32 Å². The molecule has 0 saturated heterocycles. The highest BCUT2D eigenvalue weighted by Crippen LogP contribution is 2.22. The van der Waals surface area contributed by atoms with E-state index in [1.54, 1.807) is 13.0 Å². The second-order valence-electron chi connectivity index (χ2n) is 4.44. The number of hydrogen-bond donors (Lipinski definition) is 1. The fraction of sp³-hybridized carbons (Fsp3) is 0.267. The van der Waals surface area contributed by atoms with Crippen LogP contribution in [-0.4, -0.2) is 23.0 Å². The maximum atomic E-state index is 12.3. The van der Waals surface area contributed by atoms with E-state index >= 15 is 0 Å². The molecule has 0 fully saturated rings. The molecule has 0 bridgehead atoms. The topological polar surface area (TPSA) is 59.4 Å². The van der Waals surface area contributed by atoms with Gasteiger partial charge in [0.2, 0.25) is 0 Å². The number of nitrogens with one attached hydrogen (secondary N) is 1. The molecule has 0 amide bonds. The van der Waals surface area contributed by atoms with Gasteiger partial charge < -0.3 is 10.1 Å². The fourth-order valence-electron chi connectivity index (χ4n) is 1.61. The van der Waals surface area contributed by atoms with Crippen molar-refractivity contribution in [3.63, 3.8) is 0 Å². The molecule has 1 aromatic rings. The van der Waals surface area contributed by atoms with E-state index in [2.05, 4.69) is 31.7 Å². The van der Waals surface area contributed by atoms with Crippen molar-refractivity contribution < 1.29 is 17.9 Å². The van der Waals surface area contributed by atoms with Gasteiger partial charge in [0.1, 0.15) is 11.6 Å². The molecule has 0 aliphatic carbocycles. The molecule has 0 atom stereocenters. The molecular formula is C15H17F3N4O. The lowest BCUT2D eigenvalue weighted by atomic mass is 10.3. The number of rotatable bonds is 6. The van der Waals surface area contributed by atoms with E-state index in [9.17, 15) is 13.2 Å². The van der Waals surface area contributed by atoms with Crippen LogP contribution in [0.5, 0.6) is 0 Å². The van der Waals surface area contributed by atoms with Crippen LogP contribution < -0.4 is 5.32 Å². The first-order valence-electron chi connectivity index (χ1n) is 6.58. The van der Waals surface area contributed by atoms with E-state index in [1.807, 2.05) is 19.9 Å². The van der Waals surface area contributed by atoms with Gasteiger partial charge in [0.15, 0.2) is 0 Å². The Bertz CT molecular complexity index is 649. The summed E-state index contributed by atoms with van der Waals surface area (Å²) in [5, 5.41) is 2.85. The van der Waals surface area contributed by atoms with Crippen molar-refractivity contribution in [3.8, 4) is 0 Å². The molecule has 1 aromatic heterocycles. The van der Waals surface area contributed by atoms with Crippen LogP contribution in [0.15, 0.2) is 41.0 Å². The Morgan fingerprint density at radius 1 is 1.43 bits per heavy atom. The summed E-state index contributed by atoms with van der Waals surface area (Å²) in [7, 11) is 0. The molecule has 1 heterocycles. The van der Waals surface area contributed by atoms with E-state index < -0.39 is 12.1 Å². The van der Waals surface area contributed by atoms with Crippen molar-refractivity contribution in [3.05, 3.63) is 47.4 Å². The number of nitrogens with zero attached hydrogens (tertiary/aromatic N) is 3. The molecule has 1 rings (SSSR count). The Hall–Kier alpha value is -2.64. The number of alkyl halides is 3. The lowest BCUT2D eigenvalue weighted by molar-refractivity contribution is -0.303. The van der Waals surface area contributed by atoms with E-state index in [-0.39, 0.29) is 0 Å². The molecule has 0 aliphatic heterocycles. The third-order valence-corrected chi connectivity index (χ3v) is 2.45. The zero-order valence-electron chi connectivity index (χ0n) is 13.0. The maximum absolute atomic E-state index is 12.3. The van der Waals surface area contributed by atoms with Crippen LogP contribution in [0.2, 0.25) is 0 Å². The molecule has 0 saturated carbocycles. The molecule has 0 radical (unpaired) electrons. The van der Waals surface area contributed by atoms with Gasteiger partial charge in [0.25, 0.3) is 0 Å². The first-order chi connectivity index (χ1) is 10.7. The van der Waals surface area contributed by atoms with Gasteiger partial charge in [-0.05, 0) is 33.6 Å². The summed E-state index contributed by atoms with van der Waals surface area (Å²) in [6, 6.07) is 0. The van der Waals surface area contributed by atoms with Gasteiger partial charge in [-0.15, -0.1) is 13.2 Å². The highest BCUT2D eigenvalue weighted by atomic mass is 19.4. The summed E-state index contributed by atoms with van der Waals surface area (Å²) in [4.78, 5) is 11.8. The van der Waals surface area contributed by atoms with Crippen molar-refractivity contribution in [1.82, 2.24) is 9.97 Å². The molecule has 23 heavy (non-hydrogen) atoms. The number of aromatic nitrogens is 2. The summed E-state index contributed by atoms with van der Waals surface area (Å²) in [5.41, 5.74) is 1.78. The van der Waals surface area contributed by atoms with E-state index in [0.717, 1.165) is 18.0 Å². The largest absolute Gasteiger partial charge is 0.573 e. The molecule has 0 aromatic carbocycles. The minimum atomic E-state index is -4.81. The van der Waals surface area contributed by atoms with Crippen LogP contribution in [0.1, 0.15) is 25.2 Å². The van der Waals surface area contributed by atoms with Crippen molar-refractivity contribution in [2.24, 2.45) is 4.99 Å². The average molecular weight is 326 g/mol. The minimum absolute atomic E-state index is 0.369. The van der Waals surface area contributed by atoms with Gasteiger partial charge in [-0.25, -0.2) is 4.98 Å². The quantitative estimate of drug-likeness (QED) is 0.483. The molecule has 5 nitrogen and oxygen atoms in total. The lowest BCUT2D eigenvalue weighted by Gasteiger charge is -2.11. The van der Waals surface area contributed by atoms with Gasteiger partial charge in [-0.1, -0.05) is 6.08 Å². The molecule has 8 heteroatoms. The fourth-order valence-corrected chi connectivity index (χ4v) is 1.61. The van der Waals surface area contributed by atoms with Gasteiger partial charge in [0.05, 0.1) is 23.8 Å². The van der Waals surface area contributed by atoms with Gasteiger partial charge >= 0.3 is 6.36 Å². The van der Waals surface area contributed by atoms with Crippen LogP contribution in [0, 0.1) is 6.92 Å². The lowest BCUT2D eigenvalue weighted by Crippen LogP contribution is -2.12. The Kier molecular flexibility index (Phi) is 6.49.